The Bertz CT molecular complexity index is 1910. The number of nitrogens with zero attached hydrogens (tertiary/aromatic N) is 4. The topological polar surface area (TPSA) is 61.2 Å². The number of alkyl halides is 3. The third-order valence-corrected chi connectivity index (χ3v) is 12.0. The number of imidazole rings is 1. The first-order valence-electron chi connectivity index (χ1n) is 22.2. The monoisotopic (exact) mass is 840 g/mol. The lowest BCUT2D eigenvalue weighted by atomic mass is 9.90. The molecule has 1 saturated heterocycles. The molecule has 1 saturated carbocycles. The molecule has 1 aliphatic heterocycles. The number of rotatable bonds is 21. The van der Waals surface area contributed by atoms with E-state index in [4.69, 9.17) is 35.5 Å². The number of likely N-dealkylation sites (tertiary alicyclic amines) is 1. The molecular formula is C47H64ClF3N4O4. The average molecular weight is 841 g/mol. The van der Waals surface area contributed by atoms with Crippen molar-refractivity contribution in [2.75, 3.05) is 59.1 Å². The summed E-state index contributed by atoms with van der Waals surface area (Å²) in [5, 5.41) is -0.379. The Morgan fingerprint density at radius 1 is 0.746 bits per heavy atom. The molecule has 2 aliphatic rings. The number of likely N-dealkylation sites (N-methyl/N-ethyl adjacent to an activating group) is 1. The highest BCUT2D eigenvalue weighted by Gasteiger charge is 2.34. The van der Waals surface area contributed by atoms with E-state index in [1.54, 1.807) is 12.1 Å². The zero-order chi connectivity index (χ0) is 41.6. The fraction of sp³-hybridized carbons (Fsp3) is 0.596. The smallest absolute Gasteiger partial charge is 0.417 e. The molecule has 0 atom stereocenters. The first-order valence-corrected chi connectivity index (χ1v) is 22.6. The highest BCUT2D eigenvalue weighted by atomic mass is 35.5. The lowest BCUT2D eigenvalue weighted by Gasteiger charge is -2.23. The number of unbranched alkanes of at least 4 members (excludes halogenated alkanes) is 2. The van der Waals surface area contributed by atoms with Crippen LogP contribution < -0.4 is 18.9 Å². The van der Waals surface area contributed by atoms with Crippen molar-refractivity contribution in [2.24, 2.45) is 5.92 Å². The van der Waals surface area contributed by atoms with E-state index >= 15 is 0 Å². The van der Waals surface area contributed by atoms with E-state index in [2.05, 4.69) is 41.2 Å². The number of benzene rings is 3. The van der Waals surface area contributed by atoms with Crippen molar-refractivity contribution in [1.82, 2.24) is 19.4 Å². The van der Waals surface area contributed by atoms with E-state index < -0.39 is 11.7 Å². The molecule has 0 bridgehead atoms. The van der Waals surface area contributed by atoms with Crippen molar-refractivity contribution >= 4 is 22.6 Å². The van der Waals surface area contributed by atoms with E-state index in [-0.39, 0.29) is 10.8 Å². The Kier molecular flexibility index (Phi) is 16.9. The van der Waals surface area contributed by atoms with Crippen LogP contribution in [0.15, 0.2) is 48.5 Å². The summed E-state index contributed by atoms with van der Waals surface area (Å²) in [6.07, 6.45) is 10.4. The summed E-state index contributed by atoms with van der Waals surface area (Å²) in [5.74, 6) is 3.54. The van der Waals surface area contributed by atoms with Gasteiger partial charge in [-0.3, -0.25) is 4.90 Å². The summed E-state index contributed by atoms with van der Waals surface area (Å²) >= 11 is 5.92. The van der Waals surface area contributed by atoms with Gasteiger partial charge in [0, 0.05) is 37.8 Å². The number of halogens is 4. The molecule has 2 fully saturated rings. The third kappa shape index (κ3) is 12.7. The second-order valence-electron chi connectivity index (χ2n) is 16.2. The van der Waals surface area contributed by atoms with Crippen LogP contribution in [0.25, 0.3) is 22.4 Å². The molecule has 1 aliphatic carbocycles. The molecule has 8 nitrogen and oxygen atoms in total. The van der Waals surface area contributed by atoms with E-state index in [0.29, 0.717) is 49.5 Å². The van der Waals surface area contributed by atoms with Crippen molar-refractivity contribution in [3.63, 3.8) is 0 Å². The van der Waals surface area contributed by atoms with Crippen molar-refractivity contribution in [3.05, 3.63) is 59.1 Å². The molecule has 0 spiro atoms. The Hall–Kier alpha value is -3.67. The van der Waals surface area contributed by atoms with Gasteiger partial charge in [-0.25, -0.2) is 4.98 Å². The standard InChI is InChI=1S/C47H64ClF3N4O4/c1-4-7-22-53(6-3)26-29-57-44-33-38(56-28-27-54-23-14-9-10-15-24-54)31-42-45(44)52-46(55(42)25-8-5-2)39-20-18-37(32-43(39)58-34-35-16-12-11-13-17-35)59-36-19-21-41(48)40(30-36)47(49,50)51/h18-21,30-33,35H,4-17,22-29,34H2,1-3H3. The summed E-state index contributed by atoms with van der Waals surface area (Å²) in [5.41, 5.74) is 1.51. The zero-order valence-electron chi connectivity index (χ0n) is 35.4. The van der Waals surface area contributed by atoms with Crippen molar-refractivity contribution in [2.45, 2.75) is 117 Å². The van der Waals surface area contributed by atoms with E-state index in [9.17, 15) is 13.2 Å². The van der Waals surface area contributed by atoms with Crippen LogP contribution in [0.2, 0.25) is 5.02 Å². The van der Waals surface area contributed by atoms with Gasteiger partial charge in [0.25, 0.3) is 0 Å². The molecule has 0 radical (unpaired) electrons. The average Bonchev–Trinajstić information content (AvgIpc) is 3.38. The Labute approximate surface area is 354 Å². The molecule has 12 heteroatoms. The quantitative estimate of drug-likeness (QED) is 0.0828. The lowest BCUT2D eigenvalue weighted by molar-refractivity contribution is -0.137. The van der Waals surface area contributed by atoms with Crippen LogP contribution in [-0.2, 0) is 12.7 Å². The molecule has 324 valence electrons. The second kappa shape index (κ2) is 22.3. The number of hydrogen-bond donors (Lipinski definition) is 0. The molecule has 4 aromatic rings. The number of fused-ring (bicyclic) bond motifs is 1. The van der Waals surface area contributed by atoms with Gasteiger partial charge in [0.05, 0.1) is 28.3 Å². The van der Waals surface area contributed by atoms with E-state index in [1.807, 2.05) is 12.1 Å². The summed E-state index contributed by atoms with van der Waals surface area (Å²) in [6, 6.07) is 13.1. The Morgan fingerprint density at radius 3 is 2.19 bits per heavy atom. The second-order valence-corrected chi connectivity index (χ2v) is 16.6. The molecule has 0 amide bonds. The van der Waals surface area contributed by atoms with Crippen LogP contribution in [0.3, 0.4) is 0 Å². The molecule has 59 heavy (non-hydrogen) atoms. The van der Waals surface area contributed by atoms with Gasteiger partial charge in [-0.05, 0) is 101 Å². The van der Waals surface area contributed by atoms with Gasteiger partial charge in [0.2, 0.25) is 0 Å². The van der Waals surface area contributed by atoms with Gasteiger partial charge in [-0.15, -0.1) is 0 Å². The van der Waals surface area contributed by atoms with Crippen LogP contribution in [-0.4, -0.2) is 78.4 Å². The lowest BCUT2D eigenvalue weighted by Crippen LogP contribution is -2.29. The normalized spacial score (nSPS) is 15.8. The minimum absolute atomic E-state index is 0.0318. The van der Waals surface area contributed by atoms with Gasteiger partial charge < -0.3 is 28.4 Å². The number of ether oxygens (including phenoxy) is 4. The maximum absolute atomic E-state index is 13.7. The molecule has 1 aromatic heterocycles. The Balaban J connectivity index is 1.38. The number of hydrogen-bond acceptors (Lipinski definition) is 7. The van der Waals surface area contributed by atoms with Gasteiger partial charge >= 0.3 is 6.18 Å². The van der Waals surface area contributed by atoms with Crippen LogP contribution in [0, 0.1) is 5.92 Å². The van der Waals surface area contributed by atoms with Crippen LogP contribution >= 0.6 is 11.6 Å². The zero-order valence-corrected chi connectivity index (χ0v) is 36.1. The molecule has 0 N–H and O–H groups in total. The van der Waals surface area contributed by atoms with Crippen molar-refractivity contribution < 1.29 is 32.1 Å². The van der Waals surface area contributed by atoms with Gasteiger partial charge in [0.15, 0.2) is 5.75 Å². The van der Waals surface area contributed by atoms with Gasteiger partial charge in [-0.2, -0.15) is 13.2 Å². The predicted octanol–water partition coefficient (Wildman–Crippen LogP) is 12.7. The van der Waals surface area contributed by atoms with Gasteiger partial charge in [-0.1, -0.05) is 77.3 Å². The third-order valence-electron chi connectivity index (χ3n) is 11.7. The summed E-state index contributed by atoms with van der Waals surface area (Å²) in [6.45, 7) is 14.8. The van der Waals surface area contributed by atoms with E-state index in [0.717, 1.165) is 112 Å². The summed E-state index contributed by atoms with van der Waals surface area (Å²) in [7, 11) is 0. The number of aromatic nitrogens is 2. The minimum Gasteiger partial charge on any atom is -0.492 e. The Morgan fingerprint density at radius 2 is 1.46 bits per heavy atom. The molecule has 2 heterocycles. The predicted molar refractivity (Wildman–Crippen MR) is 232 cm³/mol. The number of aryl methyl sites for hydroxylation is 1. The highest BCUT2D eigenvalue weighted by Crippen LogP contribution is 2.42. The summed E-state index contributed by atoms with van der Waals surface area (Å²) in [4.78, 5) is 10.3. The molecule has 3 aromatic carbocycles. The van der Waals surface area contributed by atoms with Crippen LogP contribution in [0.5, 0.6) is 28.7 Å². The van der Waals surface area contributed by atoms with Crippen molar-refractivity contribution in [1.29, 1.82) is 0 Å². The minimum atomic E-state index is -4.61. The fourth-order valence-corrected chi connectivity index (χ4v) is 8.43. The van der Waals surface area contributed by atoms with Crippen molar-refractivity contribution in [3.8, 4) is 40.1 Å². The SMILES string of the molecule is CCCCN(CC)CCOc1cc(OCCN2CCCCCC2)cc2c1nc(-c1ccc(Oc3ccc(Cl)c(C(F)(F)F)c3)cc1OCC1CCCCC1)n2CCCC. The highest BCUT2D eigenvalue weighted by molar-refractivity contribution is 6.31. The molecular weight excluding hydrogens is 777 g/mol. The van der Waals surface area contributed by atoms with Crippen LogP contribution in [0.4, 0.5) is 13.2 Å². The molecule has 0 unspecified atom stereocenters. The first kappa shape index (κ1) is 44.9. The van der Waals surface area contributed by atoms with Crippen LogP contribution in [0.1, 0.15) is 110 Å². The van der Waals surface area contributed by atoms with Gasteiger partial charge in [0.1, 0.15) is 47.6 Å². The maximum atomic E-state index is 13.7. The maximum Gasteiger partial charge on any atom is 0.417 e. The largest absolute Gasteiger partial charge is 0.492 e. The van der Waals surface area contributed by atoms with E-state index in [1.165, 1.54) is 57.1 Å². The molecule has 6 rings (SSSR count). The first-order chi connectivity index (χ1) is 28.7. The summed E-state index contributed by atoms with van der Waals surface area (Å²) < 4.78 is 69.4. The fourth-order valence-electron chi connectivity index (χ4n) is 8.21.